The van der Waals surface area contributed by atoms with E-state index in [0.717, 1.165) is 18.8 Å². The zero-order chi connectivity index (χ0) is 13.8. The van der Waals surface area contributed by atoms with Crippen LogP contribution < -0.4 is 10.2 Å². The average Bonchev–Trinajstić information content (AvgIpc) is 2.41. The van der Waals surface area contributed by atoms with Gasteiger partial charge in [0.1, 0.15) is 5.82 Å². The molecule has 0 unspecified atom stereocenters. The zero-order valence-electron chi connectivity index (χ0n) is 11.4. The summed E-state index contributed by atoms with van der Waals surface area (Å²) in [5, 5.41) is 3.00. The number of nitrogens with zero attached hydrogens (tertiary/aromatic N) is 2. The molecule has 1 aromatic rings. The van der Waals surface area contributed by atoms with E-state index in [4.69, 9.17) is 0 Å². The van der Waals surface area contributed by atoms with Crippen LogP contribution in [0.25, 0.3) is 0 Å². The number of rotatable bonds is 3. The van der Waals surface area contributed by atoms with Crippen LogP contribution in [0.1, 0.15) is 12.5 Å². The van der Waals surface area contributed by atoms with Crippen molar-refractivity contribution in [3.05, 3.63) is 29.6 Å². The topological polar surface area (TPSA) is 35.6 Å². The molecule has 1 aliphatic heterocycles. The molecule has 0 spiro atoms. The van der Waals surface area contributed by atoms with Crippen molar-refractivity contribution in [2.45, 2.75) is 13.5 Å². The standard InChI is InChI=1S/C14H20FN3O/c1-11(19)17-6-8-18(9-7-17)14-5-3-4-13(15)12(14)10-16-2/h3-5,16H,6-10H2,1-2H3. The van der Waals surface area contributed by atoms with Crippen molar-refractivity contribution in [1.82, 2.24) is 10.2 Å². The van der Waals surface area contributed by atoms with E-state index in [1.807, 2.05) is 18.0 Å². The minimum absolute atomic E-state index is 0.106. The molecule has 1 aromatic carbocycles. The predicted octanol–water partition coefficient (Wildman–Crippen LogP) is 1.21. The summed E-state index contributed by atoms with van der Waals surface area (Å²) in [5.41, 5.74) is 1.62. The third-order valence-corrected chi connectivity index (χ3v) is 3.51. The molecule has 1 fully saturated rings. The van der Waals surface area contributed by atoms with Gasteiger partial charge in [0.25, 0.3) is 0 Å². The van der Waals surface area contributed by atoms with Gasteiger partial charge < -0.3 is 15.1 Å². The number of hydrogen-bond acceptors (Lipinski definition) is 3. The Hall–Kier alpha value is -1.62. The second-order valence-electron chi connectivity index (χ2n) is 4.76. The van der Waals surface area contributed by atoms with Crippen LogP contribution in [0.4, 0.5) is 10.1 Å². The first-order valence-electron chi connectivity index (χ1n) is 6.56. The van der Waals surface area contributed by atoms with Gasteiger partial charge in [0, 0.05) is 50.9 Å². The molecule has 1 N–H and O–H groups in total. The van der Waals surface area contributed by atoms with Gasteiger partial charge in [0.2, 0.25) is 5.91 Å². The second kappa shape index (κ2) is 6.02. The van der Waals surface area contributed by atoms with E-state index < -0.39 is 0 Å². The van der Waals surface area contributed by atoms with Crippen LogP contribution >= 0.6 is 0 Å². The first kappa shape index (κ1) is 13.8. The Kier molecular flexibility index (Phi) is 4.37. The molecular formula is C14H20FN3O. The number of halogens is 1. The number of piperazine rings is 1. The Morgan fingerprint density at radius 3 is 2.58 bits per heavy atom. The molecule has 0 aliphatic carbocycles. The van der Waals surface area contributed by atoms with E-state index in [-0.39, 0.29) is 11.7 Å². The fraction of sp³-hybridized carbons (Fsp3) is 0.500. The highest BCUT2D eigenvalue weighted by Gasteiger charge is 2.21. The largest absolute Gasteiger partial charge is 0.368 e. The molecule has 2 rings (SSSR count). The fourth-order valence-corrected chi connectivity index (χ4v) is 2.46. The van der Waals surface area contributed by atoms with Crippen molar-refractivity contribution in [2.24, 2.45) is 0 Å². The van der Waals surface area contributed by atoms with Gasteiger partial charge in [-0.3, -0.25) is 4.79 Å². The maximum absolute atomic E-state index is 13.9. The first-order valence-corrected chi connectivity index (χ1v) is 6.56. The van der Waals surface area contributed by atoms with Gasteiger partial charge >= 0.3 is 0 Å². The third kappa shape index (κ3) is 3.04. The normalized spacial score (nSPS) is 15.7. The van der Waals surface area contributed by atoms with Crippen molar-refractivity contribution in [3.63, 3.8) is 0 Å². The van der Waals surface area contributed by atoms with Crippen molar-refractivity contribution >= 4 is 11.6 Å². The Morgan fingerprint density at radius 2 is 2.00 bits per heavy atom. The fourth-order valence-electron chi connectivity index (χ4n) is 2.46. The van der Waals surface area contributed by atoms with Crippen LogP contribution in [0.2, 0.25) is 0 Å². The van der Waals surface area contributed by atoms with Gasteiger partial charge in [-0.1, -0.05) is 6.07 Å². The van der Waals surface area contributed by atoms with Gasteiger partial charge in [-0.2, -0.15) is 0 Å². The van der Waals surface area contributed by atoms with Crippen molar-refractivity contribution < 1.29 is 9.18 Å². The van der Waals surface area contributed by atoms with E-state index in [9.17, 15) is 9.18 Å². The van der Waals surface area contributed by atoms with E-state index >= 15 is 0 Å². The number of nitrogens with one attached hydrogen (secondary N) is 1. The smallest absolute Gasteiger partial charge is 0.219 e. The molecule has 1 heterocycles. The number of carbonyl (C=O) groups is 1. The minimum Gasteiger partial charge on any atom is -0.368 e. The highest BCUT2D eigenvalue weighted by molar-refractivity contribution is 5.73. The molecule has 1 saturated heterocycles. The van der Waals surface area contributed by atoms with Crippen molar-refractivity contribution in [3.8, 4) is 0 Å². The highest BCUT2D eigenvalue weighted by Crippen LogP contribution is 2.24. The number of anilines is 1. The number of amides is 1. The van der Waals surface area contributed by atoms with Crippen molar-refractivity contribution in [2.75, 3.05) is 38.1 Å². The molecule has 5 heteroatoms. The SMILES string of the molecule is CNCc1c(F)cccc1N1CCN(C(C)=O)CC1. The lowest BCUT2D eigenvalue weighted by molar-refractivity contribution is -0.129. The van der Waals surface area contributed by atoms with Crippen LogP contribution in [0, 0.1) is 5.82 Å². The average molecular weight is 265 g/mol. The molecule has 0 aromatic heterocycles. The molecule has 19 heavy (non-hydrogen) atoms. The lowest BCUT2D eigenvalue weighted by Gasteiger charge is -2.36. The molecule has 1 amide bonds. The minimum atomic E-state index is -0.180. The van der Waals surface area contributed by atoms with Crippen LogP contribution in [0.5, 0.6) is 0 Å². The summed E-state index contributed by atoms with van der Waals surface area (Å²) < 4.78 is 13.9. The summed E-state index contributed by atoms with van der Waals surface area (Å²) in [4.78, 5) is 15.3. The molecule has 0 saturated carbocycles. The molecule has 4 nitrogen and oxygen atoms in total. The van der Waals surface area contributed by atoms with Crippen LogP contribution in [-0.2, 0) is 11.3 Å². The second-order valence-corrected chi connectivity index (χ2v) is 4.76. The summed E-state index contributed by atoms with van der Waals surface area (Å²) in [7, 11) is 1.81. The van der Waals surface area contributed by atoms with E-state index in [1.165, 1.54) is 6.07 Å². The maximum atomic E-state index is 13.9. The number of hydrogen-bond donors (Lipinski definition) is 1. The molecule has 0 radical (unpaired) electrons. The van der Waals surface area contributed by atoms with Gasteiger partial charge in [-0.15, -0.1) is 0 Å². The third-order valence-electron chi connectivity index (χ3n) is 3.51. The number of benzene rings is 1. The van der Waals surface area contributed by atoms with Crippen LogP contribution in [0.3, 0.4) is 0 Å². The predicted molar refractivity (Wildman–Crippen MR) is 73.6 cm³/mol. The van der Waals surface area contributed by atoms with Crippen LogP contribution in [0.15, 0.2) is 18.2 Å². The number of carbonyl (C=O) groups excluding carboxylic acids is 1. The van der Waals surface area contributed by atoms with Gasteiger partial charge in [0.15, 0.2) is 0 Å². The van der Waals surface area contributed by atoms with E-state index in [0.29, 0.717) is 25.2 Å². The Labute approximate surface area is 113 Å². The van der Waals surface area contributed by atoms with Crippen LogP contribution in [-0.4, -0.2) is 44.0 Å². The Balaban J connectivity index is 2.15. The highest BCUT2D eigenvalue weighted by atomic mass is 19.1. The maximum Gasteiger partial charge on any atom is 0.219 e. The summed E-state index contributed by atoms with van der Waals surface area (Å²) in [5.74, 6) is -0.0739. The molecule has 1 aliphatic rings. The molecular weight excluding hydrogens is 245 g/mol. The summed E-state index contributed by atoms with van der Waals surface area (Å²) in [6.07, 6.45) is 0. The summed E-state index contributed by atoms with van der Waals surface area (Å²) in [6, 6.07) is 5.17. The lowest BCUT2D eigenvalue weighted by atomic mass is 10.1. The van der Waals surface area contributed by atoms with E-state index in [2.05, 4.69) is 10.2 Å². The monoisotopic (exact) mass is 265 g/mol. The Bertz CT molecular complexity index is 456. The molecule has 104 valence electrons. The Morgan fingerprint density at radius 1 is 1.32 bits per heavy atom. The lowest BCUT2D eigenvalue weighted by Crippen LogP contribution is -2.48. The van der Waals surface area contributed by atoms with Gasteiger partial charge in [-0.05, 0) is 19.2 Å². The quantitative estimate of drug-likeness (QED) is 0.892. The van der Waals surface area contributed by atoms with Gasteiger partial charge in [0.05, 0.1) is 0 Å². The summed E-state index contributed by atoms with van der Waals surface area (Å²) >= 11 is 0. The summed E-state index contributed by atoms with van der Waals surface area (Å²) in [6.45, 7) is 4.99. The molecule has 0 atom stereocenters. The van der Waals surface area contributed by atoms with E-state index in [1.54, 1.807) is 13.0 Å². The molecule has 0 bridgehead atoms. The van der Waals surface area contributed by atoms with Gasteiger partial charge in [-0.25, -0.2) is 4.39 Å². The van der Waals surface area contributed by atoms with Crippen molar-refractivity contribution in [1.29, 1.82) is 0 Å². The zero-order valence-corrected chi connectivity index (χ0v) is 11.4. The first-order chi connectivity index (χ1) is 9.13.